The second-order valence-corrected chi connectivity index (χ2v) is 7.30. The Morgan fingerprint density at radius 3 is 2.50 bits per heavy atom. The number of rotatable bonds is 7. The monoisotopic (exact) mass is 501 g/mol. The number of carbonyl (C=O) groups is 1. The number of halogens is 1. The van der Waals surface area contributed by atoms with Crippen LogP contribution in [0.15, 0.2) is 35.3 Å². The standard InChI is InChI=1S/C21H35N5O.HI/c1-5-23-21(26-13-11-18(12-14-26)15-20(27)22-3)24-16-17(2)25(4)19-9-7-6-8-10-19;/h6-10,17-18H,5,11-16H2,1-4H3,(H,22,27)(H,23,24);1H. The third kappa shape index (κ3) is 7.48. The lowest BCUT2D eigenvalue weighted by Gasteiger charge is -2.34. The van der Waals surface area contributed by atoms with Crippen LogP contribution in [0.5, 0.6) is 0 Å². The molecular formula is C21H36IN5O. The van der Waals surface area contributed by atoms with Gasteiger partial charge in [0, 0.05) is 51.9 Å². The van der Waals surface area contributed by atoms with E-state index in [-0.39, 0.29) is 29.9 Å². The number of benzene rings is 1. The summed E-state index contributed by atoms with van der Waals surface area (Å²) in [5, 5.41) is 6.16. The normalized spacial score (nSPS) is 16.1. The highest BCUT2D eigenvalue weighted by atomic mass is 127. The van der Waals surface area contributed by atoms with Gasteiger partial charge in [-0.25, -0.2) is 0 Å². The van der Waals surface area contributed by atoms with Gasteiger partial charge in [-0.2, -0.15) is 0 Å². The van der Waals surface area contributed by atoms with Crippen LogP contribution in [-0.2, 0) is 4.79 Å². The lowest BCUT2D eigenvalue weighted by molar-refractivity contribution is -0.121. The summed E-state index contributed by atoms with van der Waals surface area (Å²) in [6.07, 6.45) is 2.71. The quantitative estimate of drug-likeness (QED) is 0.343. The molecule has 0 bridgehead atoms. The van der Waals surface area contributed by atoms with Gasteiger partial charge in [-0.3, -0.25) is 9.79 Å². The molecule has 6 nitrogen and oxygen atoms in total. The largest absolute Gasteiger partial charge is 0.370 e. The molecule has 28 heavy (non-hydrogen) atoms. The van der Waals surface area contributed by atoms with Crippen molar-refractivity contribution in [2.24, 2.45) is 10.9 Å². The second-order valence-electron chi connectivity index (χ2n) is 7.30. The summed E-state index contributed by atoms with van der Waals surface area (Å²) >= 11 is 0. The van der Waals surface area contributed by atoms with Crippen molar-refractivity contribution in [2.75, 3.05) is 45.2 Å². The Bertz CT molecular complexity index is 602. The Hall–Kier alpha value is -1.51. The SMILES string of the molecule is CCNC(=NCC(C)N(C)c1ccccc1)N1CCC(CC(=O)NC)CC1.I. The van der Waals surface area contributed by atoms with Gasteiger partial charge in [0.2, 0.25) is 5.91 Å². The zero-order valence-corrected chi connectivity index (χ0v) is 20.0. The first-order valence-corrected chi connectivity index (χ1v) is 10.1. The molecule has 158 valence electrons. The number of hydrogen-bond acceptors (Lipinski definition) is 3. The maximum absolute atomic E-state index is 11.6. The first-order chi connectivity index (χ1) is 13.0. The summed E-state index contributed by atoms with van der Waals surface area (Å²) in [6, 6.07) is 10.7. The van der Waals surface area contributed by atoms with Gasteiger partial charge in [0.1, 0.15) is 0 Å². The van der Waals surface area contributed by atoms with Crippen molar-refractivity contribution in [2.45, 2.75) is 39.2 Å². The number of hydrogen-bond donors (Lipinski definition) is 2. The number of para-hydroxylation sites is 1. The van der Waals surface area contributed by atoms with E-state index in [1.807, 2.05) is 6.07 Å². The Balaban J connectivity index is 0.00000392. The van der Waals surface area contributed by atoms with Gasteiger partial charge in [-0.15, -0.1) is 24.0 Å². The van der Waals surface area contributed by atoms with Gasteiger partial charge in [-0.1, -0.05) is 18.2 Å². The van der Waals surface area contributed by atoms with Crippen LogP contribution in [0.3, 0.4) is 0 Å². The summed E-state index contributed by atoms with van der Waals surface area (Å²) < 4.78 is 0. The van der Waals surface area contributed by atoms with E-state index >= 15 is 0 Å². The Labute approximate surface area is 187 Å². The van der Waals surface area contributed by atoms with E-state index in [2.05, 4.69) is 65.6 Å². The Morgan fingerprint density at radius 1 is 1.29 bits per heavy atom. The number of guanidine groups is 1. The maximum Gasteiger partial charge on any atom is 0.220 e. The number of carbonyl (C=O) groups excluding carboxylic acids is 1. The lowest BCUT2D eigenvalue weighted by atomic mass is 9.93. The summed E-state index contributed by atoms with van der Waals surface area (Å²) in [7, 11) is 3.83. The number of likely N-dealkylation sites (tertiary alicyclic amines) is 1. The fraction of sp³-hybridized carbons (Fsp3) is 0.619. The predicted octanol–water partition coefficient (Wildman–Crippen LogP) is 2.94. The number of anilines is 1. The highest BCUT2D eigenvalue weighted by molar-refractivity contribution is 14.0. The van der Waals surface area contributed by atoms with Crippen molar-refractivity contribution in [3.05, 3.63) is 30.3 Å². The summed E-state index contributed by atoms with van der Waals surface area (Å²) in [4.78, 5) is 21.1. The van der Waals surface area contributed by atoms with E-state index in [1.54, 1.807) is 7.05 Å². The number of amides is 1. The van der Waals surface area contributed by atoms with Crippen molar-refractivity contribution < 1.29 is 4.79 Å². The molecule has 0 aromatic heterocycles. The van der Waals surface area contributed by atoms with Gasteiger partial charge in [0.25, 0.3) is 0 Å². The fourth-order valence-corrected chi connectivity index (χ4v) is 3.40. The van der Waals surface area contributed by atoms with Crippen molar-refractivity contribution in [1.29, 1.82) is 0 Å². The zero-order valence-electron chi connectivity index (χ0n) is 17.6. The molecular weight excluding hydrogens is 465 g/mol. The van der Waals surface area contributed by atoms with Crippen LogP contribution in [0.2, 0.25) is 0 Å². The molecule has 1 heterocycles. The summed E-state index contributed by atoms with van der Waals surface area (Å²) in [5.41, 5.74) is 1.21. The lowest BCUT2D eigenvalue weighted by Crippen LogP contribution is -2.46. The first kappa shape index (κ1) is 24.5. The molecule has 0 spiro atoms. The van der Waals surface area contributed by atoms with Crippen molar-refractivity contribution in [3.63, 3.8) is 0 Å². The molecule has 7 heteroatoms. The Morgan fingerprint density at radius 2 is 1.93 bits per heavy atom. The maximum atomic E-state index is 11.6. The van der Waals surface area contributed by atoms with E-state index in [0.29, 0.717) is 18.4 Å². The van der Waals surface area contributed by atoms with Crippen LogP contribution < -0.4 is 15.5 Å². The van der Waals surface area contributed by atoms with E-state index in [1.165, 1.54) is 5.69 Å². The topological polar surface area (TPSA) is 60.0 Å². The fourth-order valence-electron chi connectivity index (χ4n) is 3.40. The molecule has 1 aromatic rings. The van der Waals surface area contributed by atoms with Gasteiger partial charge < -0.3 is 20.4 Å². The molecule has 0 aliphatic carbocycles. The molecule has 1 atom stereocenters. The Kier molecular flexibility index (Phi) is 11.3. The molecule has 2 N–H and O–H groups in total. The number of piperidine rings is 1. The minimum absolute atomic E-state index is 0. The minimum Gasteiger partial charge on any atom is -0.370 e. The number of nitrogens with one attached hydrogen (secondary N) is 2. The van der Waals surface area contributed by atoms with Gasteiger partial charge >= 0.3 is 0 Å². The van der Waals surface area contributed by atoms with Gasteiger partial charge in [0.05, 0.1) is 6.54 Å². The van der Waals surface area contributed by atoms with Gasteiger partial charge in [-0.05, 0) is 44.7 Å². The molecule has 1 aromatic carbocycles. The van der Waals surface area contributed by atoms with Crippen LogP contribution >= 0.6 is 24.0 Å². The molecule has 0 saturated carbocycles. The molecule has 1 amide bonds. The van der Waals surface area contributed by atoms with Crippen LogP contribution in [0.1, 0.15) is 33.1 Å². The molecule has 1 fully saturated rings. The molecule has 1 saturated heterocycles. The van der Waals surface area contributed by atoms with E-state index in [0.717, 1.165) is 45.0 Å². The van der Waals surface area contributed by atoms with Crippen LogP contribution in [0.4, 0.5) is 5.69 Å². The minimum atomic E-state index is 0. The third-order valence-corrected chi connectivity index (χ3v) is 5.33. The molecule has 1 aliphatic heterocycles. The highest BCUT2D eigenvalue weighted by Crippen LogP contribution is 2.20. The number of aliphatic imine (C=N–C) groups is 1. The van der Waals surface area contributed by atoms with Crippen LogP contribution in [-0.4, -0.2) is 63.1 Å². The summed E-state index contributed by atoms with van der Waals surface area (Å²) in [5.74, 6) is 1.61. The predicted molar refractivity (Wildman–Crippen MR) is 129 cm³/mol. The molecule has 1 unspecified atom stereocenters. The van der Waals surface area contributed by atoms with E-state index < -0.39 is 0 Å². The van der Waals surface area contributed by atoms with Crippen LogP contribution in [0.25, 0.3) is 0 Å². The average Bonchev–Trinajstić information content (AvgIpc) is 2.71. The number of nitrogens with zero attached hydrogens (tertiary/aromatic N) is 3. The smallest absolute Gasteiger partial charge is 0.220 e. The highest BCUT2D eigenvalue weighted by Gasteiger charge is 2.23. The number of likely N-dealkylation sites (N-methyl/N-ethyl adjacent to an activating group) is 1. The first-order valence-electron chi connectivity index (χ1n) is 10.1. The van der Waals surface area contributed by atoms with E-state index in [9.17, 15) is 4.79 Å². The van der Waals surface area contributed by atoms with Gasteiger partial charge in [0.15, 0.2) is 5.96 Å². The van der Waals surface area contributed by atoms with Crippen molar-refractivity contribution >= 4 is 41.5 Å². The van der Waals surface area contributed by atoms with Crippen molar-refractivity contribution in [1.82, 2.24) is 15.5 Å². The van der Waals surface area contributed by atoms with E-state index in [4.69, 9.17) is 4.99 Å². The van der Waals surface area contributed by atoms with Crippen LogP contribution in [0, 0.1) is 5.92 Å². The molecule has 1 aliphatic rings. The summed E-state index contributed by atoms with van der Waals surface area (Å²) in [6.45, 7) is 7.82. The van der Waals surface area contributed by atoms with Crippen molar-refractivity contribution in [3.8, 4) is 0 Å². The average molecular weight is 501 g/mol. The molecule has 0 radical (unpaired) electrons. The molecule has 2 rings (SSSR count). The zero-order chi connectivity index (χ0) is 19.6. The third-order valence-electron chi connectivity index (χ3n) is 5.33. The second kappa shape index (κ2) is 12.9.